The van der Waals surface area contributed by atoms with E-state index < -0.39 is 0 Å². The van der Waals surface area contributed by atoms with Crippen molar-refractivity contribution in [2.45, 2.75) is 31.6 Å². The number of benzene rings is 1. The van der Waals surface area contributed by atoms with Gasteiger partial charge >= 0.3 is 0 Å². The first kappa shape index (κ1) is 12.4. The molecule has 0 spiro atoms. The third kappa shape index (κ3) is 2.32. The van der Waals surface area contributed by atoms with Gasteiger partial charge in [-0.2, -0.15) is 0 Å². The van der Waals surface area contributed by atoms with Crippen LogP contribution < -0.4 is 4.90 Å². The normalized spacial score (nSPS) is 19.0. The highest BCUT2D eigenvalue weighted by Crippen LogP contribution is 2.41. The van der Waals surface area contributed by atoms with Gasteiger partial charge in [0.2, 0.25) is 0 Å². The Bertz CT molecular complexity index is 367. The molecule has 1 fully saturated rings. The van der Waals surface area contributed by atoms with Crippen molar-refractivity contribution in [3.8, 4) is 0 Å². The van der Waals surface area contributed by atoms with Crippen molar-refractivity contribution < 1.29 is 4.74 Å². The molecule has 0 bridgehead atoms. The standard InChI is InChI=1S/C15H23NO/c1-4-15(9-11-17-12-10-15)13-7-5-6-8-14(13)16(2)3/h5-8H,4,9-12H2,1-3H3. The summed E-state index contributed by atoms with van der Waals surface area (Å²) < 4.78 is 5.53. The van der Waals surface area contributed by atoms with Gasteiger partial charge in [-0.25, -0.2) is 0 Å². The molecule has 17 heavy (non-hydrogen) atoms. The highest BCUT2D eigenvalue weighted by Gasteiger charge is 2.34. The molecule has 1 saturated heterocycles. The molecule has 0 unspecified atom stereocenters. The zero-order chi connectivity index (χ0) is 12.3. The minimum Gasteiger partial charge on any atom is -0.381 e. The Labute approximate surface area is 105 Å². The maximum Gasteiger partial charge on any atom is 0.0474 e. The zero-order valence-electron chi connectivity index (χ0n) is 11.2. The topological polar surface area (TPSA) is 12.5 Å². The maximum absolute atomic E-state index is 5.53. The Morgan fingerprint density at radius 2 is 1.82 bits per heavy atom. The molecule has 1 aromatic rings. The Morgan fingerprint density at radius 1 is 1.18 bits per heavy atom. The average Bonchev–Trinajstić information content (AvgIpc) is 2.39. The van der Waals surface area contributed by atoms with Gasteiger partial charge < -0.3 is 9.64 Å². The van der Waals surface area contributed by atoms with E-state index in [1.807, 2.05) is 0 Å². The molecule has 0 aromatic heterocycles. The van der Waals surface area contributed by atoms with Gasteiger partial charge in [-0.05, 0) is 30.9 Å². The predicted octanol–water partition coefficient (Wildman–Crippen LogP) is 3.21. The molecule has 0 amide bonds. The van der Waals surface area contributed by atoms with Crippen LogP contribution in [-0.4, -0.2) is 27.3 Å². The second-order valence-electron chi connectivity index (χ2n) is 5.16. The lowest BCUT2D eigenvalue weighted by Crippen LogP contribution is -2.34. The highest BCUT2D eigenvalue weighted by atomic mass is 16.5. The molecule has 1 aromatic carbocycles. The van der Waals surface area contributed by atoms with E-state index in [4.69, 9.17) is 4.74 Å². The quantitative estimate of drug-likeness (QED) is 0.795. The number of anilines is 1. The molecule has 2 heteroatoms. The fourth-order valence-electron chi connectivity index (χ4n) is 2.89. The summed E-state index contributed by atoms with van der Waals surface area (Å²) in [5.41, 5.74) is 3.17. The Hall–Kier alpha value is -1.02. The third-order valence-electron chi connectivity index (χ3n) is 4.08. The number of nitrogens with zero attached hydrogens (tertiary/aromatic N) is 1. The van der Waals surface area contributed by atoms with Crippen LogP contribution in [0.15, 0.2) is 24.3 Å². The summed E-state index contributed by atoms with van der Waals surface area (Å²) in [6, 6.07) is 8.81. The van der Waals surface area contributed by atoms with E-state index in [1.165, 1.54) is 17.7 Å². The van der Waals surface area contributed by atoms with Gasteiger partial charge in [-0.1, -0.05) is 25.1 Å². The van der Waals surface area contributed by atoms with Crippen LogP contribution in [0.2, 0.25) is 0 Å². The van der Waals surface area contributed by atoms with Crippen molar-refractivity contribution in [3.05, 3.63) is 29.8 Å². The van der Waals surface area contributed by atoms with Crippen LogP contribution in [0.25, 0.3) is 0 Å². The second-order valence-corrected chi connectivity index (χ2v) is 5.16. The van der Waals surface area contributed by atoms with Crippen LogP contribution in [0.5, 0.6) is 0 Å². The summed E-state index contributed by atoms with van der Waals surface area (Å²) >= 11 is 0. The van der Waals surface area contributed by atoms with Crippen LogP contribution in [0.4, 0.5) is 5.69 Å². The summed E-state index contributed by atoms with van der Waals surface area (Å²) in [6.45, 7) is 4.10. The summed E-state index contributed by atoms with van der Waals surface area (Å²) in [7, 11) is 4.25. The van der Waals surface area contributed by atoms with Crippen molar-refractivity contribution in [2.24, 2.45) is 0 Å². The molecule has 0 N–H and O–H groups in total. The van der Waals surface area contributed by atoms with E-state index >= 15 is 0 Å². The summed E-state index contributed by atoms with van der Waals surface area (Å²) in [4.78, 5) is 2.22. The highest BCUT2D eigenvalue weighted by molar-refractivity contribution is 5.56. The number of rotatable bonds is 3. The van der Waals surface area contributed by atoms with E-state index in [-0.39, 0.29) is 0 Å². The molecule has 0 atom stereocenters. The minimum absolute atomic E-state index is 0.319. The molecular formula is C15H23NO. The molecule has 1 heterocycles. The number of hydrogen-bond donors (Lipinski definition) is 0. The maximum atomic E-state index is 5.53. The van der Waals surface area contributed by atoms with E-state index in [1.54, 1.807) is 0 Å². The monoisotopic (exact) mass is 233 g/mol. The molecule has 2 nitrogen and oxygen atoms in total. The number of para-hydroxylation sites is 1. The number of ether oxygens (including phenoxy) is 1. The summed E-state index contributed by atoms with van der Waals surface area (Å²) in [5, 5.41) is 0. The van der Waals surface area contributed by atoms with Crippen molar-refractivity contribution >= 4 is 5.69 Å². The van der Waals surface area contributed by atoms with Crippen LogP contribution in [0.1, 0.15) is 31.7 Å². The van der Waals surface area contributed by atoms with Crippen LogP contribution in [0.3, 0.4) is 0 Å². The van der Waals surface area contributed by atoms with Crippen LogP contribution >= 0.6 is 0 Å². The Morgan fingerprint density at radius 3 is 2.41 bits per heavy atom. The molecule has 1 aliphatic heterocycles. The van der Waals surface area contributed by atoms with Crippen molar-refractivity contribution in [1.29, 1.82) is 0 Å². The molecular weight excluding hydrogens is 210 g/mol. The largest absolute Gasteiger partial charge is 0.381 e. The first-order chi connectivity index (χ1) is 8.19. The molecule has 0 saturated carbocycles. The lowest BCUT2D eigenvalue weighted by atomic mass is 9.71. The van der Waals surface area contributed by atoms with Gasteiger partial charge in [0, 0.05) is 38.4 Å². The average molecular weight is 233 g/mol. The SMILES string of the molecule is CCC1(c2ccccc2N(C)C)CCOCC1. The molecule has 1 aliphatic rings. The number of hydrogen-bond acceptors (Lipinski definition) is 2. The van der Waals surface area contributed by atoms with Crippen molar-refractivity contribution in [2.75, 3.05) is 32.2 Å². The zero-order valence-corrected chi connectivity index (χ0v) is 11.2. The van der Waals surface area contributed by atoms with Gasteiger partial charge in [0.25, 0.3) is 0 Å². The second kappa shape index (κ2) is 5.09. The first-order valence-electron chi connectivity index (χ1n) is 6.54. The van der Waals surface area contributed by atoms with E-state index in [9.17, 15) is 0 Å². The van der Waals surface area contributed by atoms with E-state index in [0.29, 0.717) is 5.41 Å². The van der Waals surface area contributed by atoms with Crippen LogP contribution in [0, 0.1) is 0 Å². The van der Waals surface area contributed by atoms with E-state index in [0.717, 1.165) is 26.1 Å². The van der Waals surface area contributed by atoms with Gasteiger partial charge in [0.1, 0.15) is 0 Å². The molecule has 2 rings (SSSR count). The van der Waals surface area contributed by atoms with Gasteiger partial charge in [0.05, 0.1) is 0 Å². The van der Waals surface area contributed by atoms with E-state index in [2.05, 4.69) is 50.2 Å². The van der Waals surface area contributed by atoms with Gasteiger partial charge in [-0.15, -0.1) is 0 Å². The molecule has 94 valence electrons. The predicted molar refractivity (Wildman–Crippen MR) is 72.8 cm³/mol. The third-order valence-corrected chi connectivity index (χ3v) is 4.08. The van der Waals surface area contributed by atoms with Crippen LogP contribution in [-0.2, 0) is 10.2 Å². The summed E-state index contributed by atoms with van der Waals surface area (Å²) in [5.74, 6) is 0. The van der Waals surface area contributed by atoms with Crippen molar-refractivity contribution in [3.63, 3.8) is 0 Å². The minimum atomic E-state index is 0.319. The lowest BCUT2D eigenvalue weighted by molar-refractivity contribution is 0.0487. The summed E-state index contributed by atoms with van der Waals surface area (Å²) in [6.07, 6.45) is 3.49. The molecule has 0 aliphatic carbocycles. The fourth-order valence-corrected chi connectivity index (χ4v) is 2.89. The smallest absolute Gasteiger partial charge is 0.0474 e. The van der Waals surface area contributed by atoms with Gasteiger partial charge in [-0.3, -0.25) is 0 Å². The molecule has 0 radical (unpaired) electrons. The van der Waals surface area contributed by atoms with Gasteiger partial charge in [0.15, 0.2) is 0 Å². The lowest BCUT2D eigenvalue weighted by Gasteiger charge is -2.39. The Balaban J connectivity index is 2.42. The first-order valence-corrected chi connectivity index (χ1v) is 6.54. The fraction of sp³-hybridized carbons (Fsp3) is 0.600. The van der Waals surface area contributed by atoms with Crippen molar-refractivity contribution in [1.82, 2.24) is 0 Å². The Kier molecular flexibility index (Phi) is 3.72.